The van der Waals surface area contributed by atoms with Gasteiger partial charge in [0.05, 0.1) is 11.8 Å². The first-order valence-electron chi connectivity index (χ1n) is 9.99. The lowest BCUT2D eigenvalue weighted by Crippen LogP contribution is -2.52. The second-order valence-electron chi connectivity index (χ2n) is 7.45. The van der Waals surface area contributed by atoms with Gasteiger partial charge in [-0.2, -0.15) is 5.10 Å². The molecule has 0 saturated carbocycles. The number of carbonyl (C=O) groups is 3. The van der Waals surface area contributed by atoms with Crippen LogP contribution >= 0.6 is 0 Å². The number of terminal acetylenes is 1. The highest BCUT2D eigenvalue weighted by atomic mass is 16.2. The molecule has 1 aromatic carbocycles. The highest BCUT2D eigenvalue weighted by molar-refractivity contribution is 6.05. The van der Waals surface area contributed by atoms with Crippen molar-refractivity contribution in [2.24, 2.45) is 0 Å². The van der Waals surface area contributed by atoms with Crippen LogP contribution in [0, 0.1) is 12.3 Å². The van der Waals surface area contributed by atoms with Crippen LogP contribution in [0.2, 0.25) is 0 Å². The number of aromatic nitrogens is 2. The number of unbranched alkanes of at least 4 members (excludes halogenated alkanes) is 1. The number of benzene rings is 1. The zero-order valence-electron chi connectivity index (χ0n) is 16.5. The van der Waals surface area contributed by atoms with Crippen LogP contribution in [0.4, 0.5) is 0 Å². The molecule has 1 fully saturated rings. The van der Waals surface area contributed by atoms with Crippen molar-refractivity contribution in [1.82, 2.24) is 20.0 Å². The van der Waals surface area contributed by atoms with Crippen molar-refractivity contribution in [1.29, 1.82) is 0 Å². The Labute approximate surface area is 174 Å². The lowest BCUT2D eigenvalue weighted by Gasteiger charge is -2.29. The maximum atomic E-state index is 12.8. The fraction of sp³-hybridized carbons (Fsp3) is 0.304. The normalized spacial score (nSPS) is 18.6. The van der Waals surface area contributed by atoms with Crippen molar-refractivity contribution in [2.45, 2.75) is 44.8 Å². The molecule has 2 aromatic rings. The summed E-state index contributed by atoms with van der Waals surface area (Å²) in [4.78, 5) is 38.0. The highest BCUT2D eigenvalue weighted by Crippen LogP contribution is 2.30. The first-order chi connectivity index (χ1) is 14.6. The third kappa shape index (κ3) is 3.90. The molecule has 0 spiro atoms. The van der Waals surface area contributed by atoms with Crippen molar-refractivity contribution in [2.75, 3.05) is 0 Å². The van der Waals surface area contributed by atoms with E-state index in [1.54, 1.807) is 17.2 Å². The molecule has 0 radical (unpaired) electrons. The van der Waals surface area contributed by atoms with E-state index in [0.717, 1.165) is 36.1 Å². The summed E-state index contributed by atoms with van der Waals surface area (Å²) in [7, 11) is 0. The van der Waals surface area contributed by atoms with Crippen LogP contribution in [0.5, 0.6) is 0 Å². The van der Waals surface area contributed by atoms with Crippen LogP contribution in [-0.2, 0) is 22.7 Å². The Hall–Kier alpha value is -3.66. The smallest absolute Gasteiger partial charge is 0.255 e. The number of hydrogen-bond donors (Lipinski definition) is 1. The van der Waals surface area contributed by atoms with E-state index in [4.69, 9.17) is 6.42 Å². The summed E-state index contributed by atoms with van der Waals surface area (Å²) in [6.07, 6.45) is 15.4. The van der Waals surface area contributed by atoms with E-state index in [1.165, 1.54) is 0 Å². The van der Waals surface area contributed by atoms with Gasteiger partial charge in [-0.1, -0.05) is 30.2 Å². The Balaban J connectivity index is 1.40. The zero-order chi connectivity index (χ0) is 21.1. The first kappa shape index (κ1) is 19.6. The average molecular weight is 402 g/mol. The summed E-state index contributed by atoms with van der Waals surface area (Å²) < 4.78 is 1.83. The molecule has 0 bridgehead atoms. The molecular formula is C23H22N4O3. The van der Waals surface area contributed by atoms with Crippen LogP contribution in [0.3, 0.4) is 0 Å². The van der Waals surface area contributed by atoms with E-state index < -0.39 is 11.9 Å². The number of imide groups is 1. The number of carbonyl (C=O) groups excluding carboxylic acids is 3. The minimum absolute atomic E-state index is 0.155. The van der Waals surface area contributed by atoms with Gasteiger partial charge in [0.25, 0.3) is 5.91 Å². The van der Waals surface area contributed by atoms with Gasteiger partial charge in [-0.05, 0) is 36.5 Å². The third-order valence-electron chi connectivity index (χ3n) is 5.47. The van der Waals surface area contributed by atoms with E-state index in [1.807, 2.05) is 29.1 Å². The Morgan fingerprint density at radius 2 is 2.17 bits per heavy atom. The number of nitrogens with zero attached hydrogens (tertiary/aromatic N) is 3. The monoisotopic (exact) mass is 402 g/mol. The second-order valence-corrected chi connectivity index (χ2v) is 7.45. The van der Waals surface area contributed by atoms with Crippen molar-refractivity contribution in [3.8, 4) is 12.3 Å². The Morgan fingerprint density at radius 3 is 2.93 bits per heavy atom. The number of hydrogen-bond acceptors (Lipinski definition) is 4. The van der Waals surface area contributed by atoms with Gasteiger partial charge in [0.15, 0.2) is 0 Å². The maximum Gasteiger partial charge on any atom is 0.255 e. The van der Waals surface area contributed by atoms with E-state index in [9.17, 15) is 14.4 Å². The van der Waals surface area contributed by atoms with Crippen molar-refractivity contribution in [3.63, 3.8) is 0 Å². The van der Waals surface area contributed by atoms with Gasteiger partial charge in [-0.25, -0.2) is 0 Å². The van der Waals surface area contributed by atoms with E-state index >= 15 is 0 Å². The summed E-state index contributed by atoms with van der Waals surface area (Å²) in [6, 6.07) is 5.03. The average Bonchev–Trinajstić information content (AvgIpc) is 3.33. The Bertz CT molecular complexity index is 1080. The van der Waals surface area contributed by atoms with Crippen molar-refractivity contribution < 1.29 is 14.4 Å². The van der Waals surface area contributed by atoms with Gasteiger partial charge in [-0.15, -0.1) is 6.42 Å². The predicted molar refractivity (Wildman–Crippen MR) is 111 cm³/mol. The summed E-state index contributed by atoms with van der Waals surface area (Å²) in [5.41, 5.74) is 3.30. The van der Waals surface area contributed by atoms with Gasteiger partial charge in [0.1, 0.15) is 6.04 Å². The molecule has 0 aliphatic carbocycles. The Morgan fingerprint density at radius 1 is 1.30 bits per heavy atom. The zero-order valence-corrected chi connectivity index (χ0v) is 16.5. The summed E-state index contributed by atoms with van der Waals surface area (Å²) >= 11 is 0. The van der Waals surface area contributed by atoms with E-state index in [0.29, 0.717) is 18.5 Å². The molecule has 1 saturated heterocycles. The number of nitrogens with one attached hydrogen (secondary N) is 1. The summed E-state index contributed by atoms with van der Waals surface area (Å²) in [6.45, 7) is 1.16. The van der Waals surface area contributed by atoms with Crippen LogP contribution in [0.1, 0.15) is 52.7 Å². The Kier molecular flexibility index (Phi) is 5.48. The molecular weight excluding hydrogens is 380 g/mol. The molecule has 1 atom stereocenters. The molecule has 2 aliphatic heterocycles. The molecule has 7 nitrogen and oxygen atoms in total. The first-order valence-corrected chi connectivity index (χ1v) is 9.99. The number of piperidine rings is 1. The number of rotatable bonds is 6. The summed E-state index contributed by atoms with van der Waals surface area (Å²) in [5.74, 6) is 1.73. The van der Waals surface area contributed by atoms with Crippen LogP contribution < -0.4 is 5.32 Å². The third-order valence-corrected chi connectivity index (χ3v) is 5.47. The molecule has 7 heteroatoms. The van der Waals surface area contributed by atoms with Crippen LogP contribution in [0.15, 0.2) is 36.7 Å². The topological polar surface area (TPSA) is 84.3 Å². The van der Waals surface area contributed by atoms with Gasteiger partial charge in [-0.3, -0.25) is 24.4 Å². The fourth-order valence-electron chi connectivity index (χ4n) is 3.91. The molecule has 3 heterocycles. The molecule has 1 aromatic heterocycles. The number of aryl methyl sites for hydroxylation is 1. The molecule has 152 valence electrons. The predicted octanol–water partition coefficient (Wildman–Crippen LogP) is 2.12. The van der Waals surface area contributed by atoms with Crippen LogP contribution in [0.25, 0.3) is 6.08 Å². The number of allylic oxidation sites excluding steroid dienone is 1. The summed E-state index contributed by atoms with van der Waals surface area (Å²) in [5, 5.41) is 6.55. The molecule has 3 amide bonds. The quantitative estimate of drug-likeness (QED) is 0.456. The second kappa shape index (κ2) is 8.37. The van der Waals surface area contributed by atoms with Crippen molar-refractivity contribution in [3.05, 3.63) is 58.9 Å². The van der Waals surface area contributed by atoms with Crippen molar-refractivity contribution >= 4 is 23.8 Å². The molecule has 1 unspecified atom stereocenters. The lowest BCUT2D eigenvalue weighted by atomic mass is 10.0. The number of amides is 3. The fourth-order valence-corrected chi connectivity index (χ4v) is 3.91. The SMILES string of the molecule is C#Cc1cnn(CCC/C=C/c2cccc3c2CN(C2CCC(=O)NC2=O)C3=O)c1. The molecule has 30 heavy (non-hydrogen) atoms. The van der Waals surface area contributed by atoms with E-state index in [2.05, 4.69) is 22.4 Å². The lowest BCUT2D eigenvalue weighted by molar-refractivity contribution is -0.136. The van der Waals surface area contributed by atoms with Gasteiger partial charge >= 0.3 is 0 Å². The van der Waals surface area contributed by atoms with Gasteiger partial charge in [0.2, 0.25) is 11.8 Å². The van der Waals surface area contributed by atoms with E-state index in [-0.39, 0.29) is 18.2 Å². The largest absolute Gasteiger partial charge is 0.322 e. The highest BCUT2D eigenvalue weighted by Gasteiger charge is 2.39. The number of fused-ring (bicyclic) bond motifs is 1. The van der Waals surface area contributed by atoms with Crippen LogP contribution in [-0.4, -0.2) is 38.4 Å². The maximum absolute atomic E-state index is 12.8. The minimum atomic E-state index is -0.596. The minimum Gasteiger partial charge on any atom is -0.322 e. The molecule has 4 rings (SSSR count). The standard InChI is InChI=1S/C23H22N4O3/c1-2-16-13-24-26(14-16)12-5-3-4-7-17-8-6-9-18-19(17)15-27(23(18)30)20-10-11-21(28)25-22(20)29/h1,4,6-9,13-14,20H,3,5,10-12,15H2,(H,25,28,29)/b7-4+. The van der Waals surface area contributed by atoms with Gasteiger partial charge in [0, 0.05) is 31.3 Å². The molecule has 2 aliphatic rings. The molecule has 1 N–H and O–H groups in total. The van der Waals surface area contributed by atoms with Gasteiger partial charge < -0.3 is 4.90 Å².